The molecule has 0 unspecified atom stereocenters. The van der Waals surface area contributed by atoms with E-state index in [-0.39, 0.29) is 22.6 Å². The van der Waals surface area contributed by atoms with Crippen LogP contribution in [0.2, 0.25) is 0 Å². The summed E-state index contributed by atoms with van der Waals surface area (Å²) < 4.78 is 38.6. The molecule has 3 rings (SSSR count). The Labute approximate surface area is 152 Å². The number of thioether (sulfide) groups is 1. The summed E-state index contributed by atoms with van der Waals surface area (Å²) >= 11 is -0.207. The Morgan fingerprint density at radius 2 is 1.77 bits per heavy atom. The van der Waals surface area contributed by atoms with Crippen LogP contribution in [-0.2, 0) is 6.54 Å². The molecule has 26 heavy (non-hydrogen) atoms. The van der Waals surface area contributed by atoms with Crippen LogP contribution in [0.4, 0.5) is 13.2 Å². The number of hydrogen-bond acceptors (Lipinski definition) is 3. The number of aromatic nitrogens is 2. The van der Waals surface area contributed by atoms with E-state index in [1.165, 1.54) is 24.3 Å². The second-order valence-corrected chi connectivity index (χ2v) is 6.51. The van der Waals surface area contributed by atoms with Crippen molar-refractivity contribution in [3.8, 4) is 5.69 Å². The summed E-state index contributed by atoms with van der Waals surface area (Å²) in [5.74, 6) is -0.343. The number of benzene rings is 2. The van der Waals surface area contributed by atoms with E-state index < -0.39 is 5.51 Å². The maximum atomic E-state index is 12.3. The first kappa shape index (κ1) is 18.1. The van der Waals surface area contributed by atoms with Gasteiger partial charge in [-0.1, -0.05) is 12.1 Å². The SMILES string of the molecule is O=C(NCc1ccc(-n2cccn2)cc1)c1ccc(SC(F)(F)F)cc1. The Morgan fingerprint density at radius 3 is 2.35 bits per heavy atom. The average Bonchev–Trinajstić information content (AvgIpc) is 3.14. The molecule has 2 aromatic carbocycles. The number of alkyl halides is 3. The number of hydrogen-bond donors (Lipinski definition) is 1. The number of halogens is 3. The van der Waals surface area contributed by atoms with E-state index in [0.29, 0.717) is 12.1 Å². The van der Waals surface area contributed by atoms with Gasteiger partial charge in [-0.05, 0) is 59.8 Å². The third-order valence-electron chi connectivity index (χ3n) is 3.51. The minimum Gasteiger partial charge on any atom is -0.348 e. The van der Waals surface area contributed by atoms with Gasteiger partial charge in [0.1, 0.15) is 0 Å². The Kier molecular flexibility index (Phi) is 5.32. The van der Waals surface area contributed by atoms with Crippen LogP contribution in [-0.4, -0.2) is 21.2 Å². The summed E-state index contributed by atoms with van der Waals surface area (Å²) in [5, 5.41) is 6.88. The number of nitrogens with one attached hydrogen (secondary N) is 1. The van der Waals surface area contributed by atoms with Crippen LogP contribution in [0.15, 0.2) is 71.9 Å². The zero-order chi connectivity index (χ0) is 18.6. The smallest absolute Gasteiger partial charge is 0.348 e. The van der Waals surface area contributed by atoms with E-state index in [9.17, 15) is 18.0 Å². The fourth-order valence-corrected chi connectivity index (χ4v) is 2.82. The van der Waals surface area contributed by atoms with Crippen LogP contribution >= 0.6 is 11.8 Å². The highest BCUT2D eigenvalue weighted by Gasteiger charge is 2.29. The number of nitrogens with zero attached hydrogens (tertiary/aromatic N) is 2. The second-order valence-electron chi connectivity index (χ2n) is 5.37. The summed E-state index contributed by atoms with van der Waals surface area (Å²) in [5.41, 5.74) is -2.22. The standard InChI is InChI=1S/C18H14F3N3OS/c19-18(20,21)26-16-8-4-14(5-9-16)17(25)22-12-13-2-6-15(7-3-13)24-11-1-10-23-24/h1-11H,12H2,(H,22,25). The highest BCUT2D eigenvalue weighted by Crippen LogP contribution is 2.36. The Bertz CT molecular complexity index is 860. The van der Waals surface area contributed by atoms with Crippen molar-refractivity contribution in [1.82, 2.24) is 15.1 Å². The van der Waals surface area contributed by atoms with Crippen molar-refractivity contribution in [2.75, 3.05) is 0 Å². The number of carbonyl (C=O) groups excluding carboxylic acids is 1. The van der Waals surface area contributed by atoms with Gasteiger partial charge in [0, 0.05) is 29.4 Å². The van der Waals surface area contributed by atoms with Gasteiger partial charge in [-0.15, -0.1) is 0 Å². The first-order valence-corrected chi connectivity index (χ1v) is 8.45. The van der Waals surface area contributed by atoms with Gasteiger partial charge in [-0.2, -0.15) is 18.3 Å². The molecule has 0 fully saturated rings. The van der Waals surface area contributed by atoms with Gasteiger partial charge >= 0.3 is 5.51 Å². The van der Waals surface area contributed by atoms with Crippen LogP contribution in [0.5, 0.6) is 0 Å². The molecule has 0 aliphatic carbocycles. The zero-order valence-corrected chi connectivity index (χ0v) is 14.2. The Hall–Kier alpha value is -2.74. The highest BCUT2D eigenvalue weighted by molar-refractivity contribution is 8.00. The molecule has 0 radical (unpaired) electrons. The van der Waals surface area contributed by atoms with Gasteiger partial charge in [0.25, 0.3) is 5.91 Å². The summed E-state index contributed by atoms with van der Waals surface area (Å²) in [6.45, 7) is 0.317. The lowest BCUT2D eigenvalue weighted by Gasteiger charge is -2.08. The van der Waals surface area contributed by atoms with Crippen molar-refractivity contribution in [3.05, 3.63) is 78.1 Å². The fraction of sp³-hybridized carbons (Fsp3) is 0.111. The lowest BCUT2D eigenvalue weighted by Crippen LogP contribution is -2.22. The van der Waals surface area contributed by atoms with Gasteiger partial charge in [0.15, 0.2) is 0 Å². The predicted molar refractivity (Wildman–Crippen MR) is 93.1 cm³/mol. The molecule has 1 amide bonds. The maximum absolute atomic E-state index is 12.3. The lowest BCUT2D eigenvalue weighted by atomic mass is 10.2. The molecule has 1 aromatic heterocycles. The minimum absolute atomic E-state index is 0.0447. The third kappa shape index (κ3) is 4.89. The maximum Gasteiger partial charge on any atom is 0.446 e. The van der Waals surface area contributed by atoms with Crippen molar-refractivity contribution in [2.24, 2.45) is 0 Å². The Balaban J connectivity index is 1.56. The van der Waals surface area contributed by atoms with E-state index >= 15 is 0 Å². The first-order valence-electron chi connectivity index (χ1n) is 7.64. The molecule has 0 spiro atoms. The molecule has 134 valence electrons. The van der Waals surface area contributed by atoms with Gasteiger partial charge in [0.05, 0.1) is 5.69 Å². The summed E-state index contributed by atoms with van der Waals surface area (Å²) in [6, 6.07) is 14.7. The molecule has 1 N–H and O–H groups in total. The van der Waals surface area contributed by atoms with Crippen molar-refractivity contribution < 1.29 is 18.0 Å². The predicted octanol–water partition coefficient (Wildman–Crippen LogP) is 4.41. The normalized spacial score (nSPS) is 11.3. The van der Waals surface area contributed by atoms with Crippen molar-refractivity contribution >= 4 is 17.7 Å². The van der Waals surface area contributed by atoms with Crippen LogP contribution in [0.25, 0.3) is 5.69 Å². The molecule has 0 bridgehead atoms. The van der Waals surface area contributed by atoms with E-state index in [4.69, 9.17) is 0 Å². The number of rotatable bonds is 5. The number of carbonyl (C=O) groups is 1. The zero-order valence-electron chi connectivity index (χ0n) is 13.4. The van der Waals surface area contributed by atoms with Crippen LogP contribution < -0.4 is 5.32 Å². The molecule has 0 atom stereocenters. The topological polar surface area (TPSA) is 46.9 Å². The molecule has 0 saturated carbocycles. The van der Waals surface area contributed by atoms with Crippen molar-refractivity contribution in [2.45, 2.75) is 16.9 Å². The van der Waals surface area contributed by atoms with Gasteiger partial charge in [-0.25, -0.2) is 4.68 Å². The van der Waals surface area contributed by atoms with Crippen LogP contribution in [0.3, 0.4) is 0 Å². The quantitative estimate of drug-likeness (QED) is 0.670. The molecular formula is C18H14F3N3OS. The minimum atomic E-state index is -4.34. The van der Waals surface area contributed by atoms with Crippen molar-refractivity contribution in [3.63, 3.8) is 0 Å². The van der Waals surface area contributed by atoms with Crippen LogP contribution in [0, 0.1) is 0 Å². The lowest BCUT2D eigenvalue weighted by molar-refractivity contribution is -0.0328. The van der Waals surface area contributed by atoms with Crippen LogP contribution in [0.1, 0.15) is 15.9 Å². The molecule has 8 heteroatoms. The molecular weight excluding hydrogens is 363 g/mol. The highest BCUT2D eigenvalue weighted by atomic mass is 32.2. The molecule has 0 aliphatic heterocycles. The Morgan fingerprint density at radius 1 is 1.08 bits per heavy atom. The summed E-state index contributed by atoms with van der Waals surface area (Å²) in [6.07, 6.45) is 3.52. The second kappa shape index (κ2) is 7.65. The summed E-state index contributed by atoms with van der Waals surface area (Å²) in [7, 11) is 0. The monoisotopic (exact) mass is 377 g/mol. The fourth-order valence-electron chi connectivity index (χ4n) is 2.28. The average molecular weight is 377 g/mol. The molecule has 4 nitrogen and oxygen atoms in total. The third-order valence-corrected chi connectivity index (χ3v) is 4.25. The van der Waals surface area contributed by atoms with Gasteiger partial charge in [-0.3, -0.25) is 4.79 Å². The van der Waals surface area contributed by atoms with Crippen molar-refractivity contribution in [1.29, 1.82) is 0 Å². The molecule has 0 saturated heterocycles. The van der Waals surface area contributed by atoms with E-state index in [1.807, 2.05) is 36.5 Å². The molecule has 3 aromatic rings. The van der Waals surface area contributed by atoms with E-state index in [0.717, 1.165) is 11.3 Å². The first-order chi connectivity index (χ1) is 12.4. The van der Waals surface area contributed by atoms with Gasteiger partial charge in [0.2, 0.25) is 0 Å². The largest absolute Gasteiger partial charge is 0.446 e. The summed E-state index contributed by atoms with van der Waals surface area (Å²) in [4.78, 5) is 12.2. The molecule has 1 heterocycles. The van der Waals surface area contributed by atoms with E-state index in [2.05, 4.69) is 10.4 Å². The number of amides is 1. The van der Waals surface area contributed by atoms with E-state index in [1.54, 1.807) is 10.9 Å². The molecule has 0 aliphatic rings. The van der Waals surface area contributed by atoms with Gasteiger partial charge < -0.3 is 5.32 Å².